The molecule has 2 aliphatic rings. The van der Waals surface area contributed by atoms with Gasteiger partial charge in [-0.05, 0) is 43.5 Å². The first kappa shape index (κ1) is 21.4. The van der Waals surface area contributed by atoms with Gasteiger partial charge in [-0.25, -0.2) is 17.1 Å². The van der Waals surface area contributed by atoms with Crippen LogP contribution < -0.4 is 0 Å². The van der Waals surface area contributed by atoms with Crippen LogP contribution in [-0.2, 0) is 10.0 Å². The highest BCUT2D eigenvalue weighted by Gasteiger charge is 2.50. The van der Waals surface area contributed by atoms with Crippen LogP contribution >= 0.6 is 0 Å². The minimum Gasteiger partial charge on any atom is -0.395 e. The molecule has 1 N–H and O–H groups in total. The lowest BCUT2D eigenvalue weighted by Gasteiger charge is -2.57. The second-order valence-corrected chi connectivity index (χ2v) is 10.4. The molecule has 0 unspecified atom stereocenters. The number of sulfonamides is 1. The lowest BCUT2D eigenvalue weighted by atomic mass is 9.74. The molecule has 4 rings (SSSR count). The summed E-state index contributed by atoms with van der Waals surface area (Å²) in [6, 6.07) is 14.5. The zero-order valence-corrected chi connectivity index (χ0v) is 18.1. The van der Waals surface area contributed by atoms with E-state index in [2.05, 4.69) is 4.90 Å². The van der Waals surface area contributed by atoms with E-state index in [1.54, 1.807) is 23.4 Å². The van der Waals surface area contributed by atoms with E-state index >= 15 is 0 Å². The summed E-state index contributed by atoms with van der Waals surface area (Å²) in [7, 11) is -3.26. The molecule has 30 heavy (non-hydrogen) atoms. The van der Waals surface area contributed by atoms with Gasteiger partial charge in [-0.15, -0.1) is 0 Å². The van der Waals surface area contributed by atoms with E-state index in [1.807, 2.05) is 30.3 Å². The molecule has 7 heteroatoms. The van der Waals surface area contributed by atoms with Crippen molar-refractivity contribution >= 4 is 10.0 Å². The number of nitrogens with zero attached hydrogens (tertiary/aromatic N) is 2. The summed E-state index contributed by atoms with van der Waals surface area (Å²) >= 11 is 0. The fourth-order valence-electron chi connectivity index (χ4n) is 4.92. The molecule has 2 aromatic rings. The number of fused-ring (bicyclic) bond motifs is 1. The van der Waals surface area contributed by atoms with Crippen molar-refractivity contribution in [3.05, 3.63) is 59.9 Å². The van der Waals surface area contributed by atoms with Crippen LogP contribution in [0.15, 0.2) is 48.5 Å². The minimum absolute atomic E-state index is 0.0152. The first-order valence-corrected chi connectivity index (χ1v) is 12.3. The van der Waals surface area contributed by atoms with E-state index in [9.17, 15) is 17.9 Å². The summed E-state index contributed by atoms with van der Waals surface area (Å²) in [6.07, 6.45) is 1.75. The highest BCUT2D eigenvalue weighted by atomic mass is 32.2. The van der Waals surface area contributed by atoms with Gasteiger partial charge in [0.25, 0.3) is 0 Å². The molecular weight excluding hydrogens is 403 g/mol. The molecule has 2 saturated heterocycles. The predicted molar refractivity (Wildman–Crippen MR) is 116 cm³/mol. The number of halogens is 1. The third kappa shape index (κ3) is 3.91. The molecule has 0 saturated carbocycles. The molecule has 0 aromatic heterocycles. The normalized spacial score (nSPS) is 25.8. The Hall–Kier alpha value is -1.80. The number of aliphatic hydroxyl groups is 1. The van der Waals surface area contributed by atoms with E-state index in [4.69, 9.17) is 0 Å². The molecule has 0 radical (unpaired) electrons. The zero-order chi connectivity index (χ0) is 21.3. The molecule has 2 fully saturated rings. The molecule has 0 spiro atoms. The van der Waals surface area contributed by atoms with E-state index < -0.39 is 10.0 Å². The van der Waals surface area contributed by atoms with Gasteiger partial charge in [-0.2, -0.15) is 0 Å². The Bertz CT molecular complexity index is 980. The number of rotatable bonds is 5. The standard InChI is InChI=1S/C23H29FN2O3S/c1-2-30(28,29)25-13-5-6-14-26-21(15-25)23(22(26)16-27)18-11-9-17(10-12-18)19-7-3-4-8-20(19)24/h3-4,7-12,21-23,27H,2,5-6,13-16H2,1H3/t21-,22-,23+/m1/s1. The van der Waals surface area contributed by atoms with E-state index in [0.717, 1.165) is 30.5 Å². The Morgan fingerprint density at radius 3 is 2.43 bits per heavy atom. The monoisotopic (exact) mass is 432 g/mol. The quantitative estimate of drug-likeness (QED) is 0.789. The Morgan fingerprint density at radius 1 is 1.07 bits per heavy atom. The maximum atomic E-state index is 14.1. The molecule has 2 aliphatic heterocycles. The van der Waals surface area contributed by atoms with Crippen LogP contribution in [0.25, 0.3) is 11.1 Å². The number of hydrogen-bond donors (Lipinski definition) is 1. The highest BCUT2D eigenvalue weighted by molar-refractivity contribution is 7.89. The van der Waals surface area contributed by atoms with Gasteiger partial charge in [-0.1, -0.05) is 42.5 Å². The van der Waals surface area contributed by atoms with Gasteiger partial charge in [0.05, 0.1) is 12.4 Å². The topological polar surface area (TPSA) is 60.9 Å². The van der Waals surface area contributed by atoms with Gasteiger partial charge in [0.15, 0.2) is 0 Å². The van der Waals surface area contributed by atoms with Crippen LogP contribution in [0.2, 0.25) is 0 Å². The van der Waals surface area contributed by atoms with Gasteiger partial charge in [-0.3, -0.25) is 4.90 Å². The van der Waals surface area contributed by atoms with Crippen molar-refractivity contribution in [3.8, 4) is 11.1 Å². The lowest BCUT2D eigenvalue weighted by Crippen LogP contribution is -2.67. The Balaban J connectivity index is 1.61. The fourth-order valence-corrected chi connectivity index (χ4v) is 6.08. The van der Waals surface area contributed by atoms with Crippen LogP contribution in [0.4, 0.5) is 4.39 Å². The van der Waals surface area contributed by atoms with Gasteiger partial charge in [0.2, 0.25) is 10.0 Å². The fraction of sp³-hybridized carbons (Fsp3) is 0.478. The van der Waals surface area contributed by atoms with Crippen molar-refractivity contribution in [1.82, 2.24) is 9.21 Å². The van der Waals surface area contributed by atoms with Crippen molar-refractivity contribution in [1.29, 1.82) is 0 Å². The van der Waals surface area contributed by atoms with Crippen molar-refractivity contribution in [2.75, 3.05) is 32.0 Å². The molecule has 3 atom stereocenters. The molecule has 0 amide bonds. The largest absolute Gasteiger partial charge is 0.395 e. The molecule has 2 heterocycles. The van der Waals surface area contributed by atoms with Crippen molar-refractivity contribution in [3.63, 3.8) is 0 Å². The second-order valence-electron chi connectivity index (χ2n) is 8.15. The highest BCUT2D eigenvalue weighted by Crippen LogP contribution is 2.42. The van der Waals surface area contributed by atoms with E-state index in [0.29, 0.717) is 18.7 Å². The van der Waals surface area contributed by atoms with Gasteiger partial charge >= 0.3 is 0 Å². The van der Waals surface area contributed by atoms with Crippen LogP contribution in [0.5, 0.6) is 0 Å². The first-order chi connectivity index (χ1) is 14.5. The third-order valence-electron chi connectivity index (χ3n) is 6.57. The van der Waals surface area contributed by atoms with E-state index in [1.165, 1.54) is 6.07 Å². The lowest BCUT2D eigenvalue weighted by molar-refractivity contribution is -0.0553. The summed E-state index contributed by atoms with van der Waals surface area (Å²) in [5, 5.41) is 10.0. The first-order valence-electron chi connectivity index (χ1n) is 10.7. The van der Waals surface area contributed by atoms with E-state index in [-0.39, 0.29) is 36.2 Å². The van der Waals surface area contributed by atoms with Gasteiger partial charge in [0.1, 0.15) is 5.82 Å². The van der Waals surface area contributed by atoms with Crippen LogP contribution in [0.1, 0.15) is 31.2 Å². The average molecular weight is 433 g/mol. The van der Waals surface area contributed by atoms with Crippen molar-refractivity contribution in [2.45, 2.75) is 37.8 Å². The summed E-state index contributed by atoms with van der Waals surface area (Å²) in [6.45, 7) is 3.61. The van der Waals surface area contributed by atoms with Gasteiger partial charge < -0.3 is 5.11 Å². The smallest absolute Gasteiger partial charge is 0.213 e. The molecule has 2 aromatic carbocycles. The minimum atomic E-state index is -3.26. The Labute approximate surface area is 178 Å². The molecular formula is C23H29FN2O3S. The Morgan fingerprint density at radius 2 is 1.77 bits per heavy atom. The summed E-state index contributed by atoms with van der Waals surface area (Å²) in [5.74, 6) is -0.100. The summed E-state index contributed by atoms with van der Waals surface area (Å²) < 4.78 is 40.8. The second kappa shape index (κ2) is 8.75. The number of aliphatic hydroxyl groups excluding tert-OH is 1. The third-order valence-corrected chi connectivity index (χ3v) is 8.42. The number of hydrogen-bond acceptors (Lipinski definition) is 4. The molecule has 0 aliphatic carbocycles. The van der Waals surface area contributed by atoms with Crippen molar-refractivity contribution in [2.24, 2.45) is 0 Å². The Kier molecular flexibility index (Phi) is 6.25. The summed E-state index contributed by atoms with van der Waals surface area (Å²) in [5.41, 5.74) is 2.43. The average Bonchev–Trinajstić information content (AvgIpc) is 2.73. The van der Waals surface area contributed by atoms with Crippen LogP contribution in [-0.4, -0.2) is 66.8 Å². The zero-order valence-electron chi connectivity index (χ0n) is 17.2. The maximum absolute atomic E-state index is 14.1. The maximum Gasteiger partial charge on any atom is 0.213 e. The molecule has 5 nitrogen and oxygen atoms in total. The van der Waals surface area contributed by atoms with Gasteiger partial charge in [0, 0.05) is 36.7 Å². The summed E-state index contributed by atoms with van der Waals surface area (Å²) in [4.78, 5) is 2.26. The van der Waals surface area contributed by atoms with Crippen LogP contribution in [0.3, 0.4) is 0 Å². The molecule has 162 valence electrons. The predicted octanol–water partition coefficient (Wildman–Crippen LogP) is 3.07. The van der Waals surface area contributed by atoms with Crippen molar-refractivity contribution < 1.29 is 17.9 Å². The SMILES string of the molecule is CCS(=O)(=O)N1CCCCN2[C@H](CO)[C@@H](c3ccc(-c4ccccc4F)cc3)[C@H]2C1. The van der Waals surface area contributed by atoms with Crippen LogP contribution in [0, 0.1) is 5.82 Å². The molecule has 0 bridgehead atoms. The number of benzene rings is 2.